The lowest BCUT2D eigenvalue weighted by atomic mass is 10.1. The van der Waals surface area contributed by atoms with Crippen LogP contribution in [-0.2, 0) is 4.74 Å². The molecule has 0 saturated heterocycles. The summed E-state index contributed by atoms with van der Waals surface area (Å²) in [5, 5.41) is 5.55. The minimum Gasteiger partial charge on any atom is -0.383 e. The molecule has 0 aliphatic carbocycles. The van der Waals surface area contributed by atoms with Crippen molar-refractivity contribution < 1.29 is 9.53 Å². The number of halogens is 1. The van der Waals surface area contributed by atoms with E-state index in [1.807, 2.05) is 26.0 Å². The Morgan fingerprint density at radius 2 is 1.94 bits per heavy atom. The van der Waals surface area contributed by atoms with Crippen LogP contribution in [0.25, 0.3) is 0 Å². The number of amides is 2. The third kappa shape index (κ3) is 4.36. The Hall–Kier alpha value is -1.07. The van der Waals surface area contributed by atoms with E-state index in [1.54, 1.807) is 7.11 Å². The van der Waals surface area contributed by atoms with Gasteiger partial charge in [0.05, 0.1) is 6.61 Å². The van der Waals surface area contributed by atoms with E-state index in [1.165, 1.54) is 0 Å². The van der Waals surface area contributed by atoms with Gasteiger partial charge in [-0.3, -0.25) is 0 Å². The molecule has 4 nitrogen and oxygen atoms in total. The molecule has 0 aliphatic heterocycles. The highest BCUT2D eigenvalue weighted by Gasteiger charge is 2.07. The van der Waals surface area contributed by atoms with Crippen molar-refractivity contribution in [3.63, 3.8) is 0 Å². The second-order valence-corrected chi connectivity index (χ2v) is 4.70. The highest BCUT2D eigenvalue weighted by molar-refractivity contribution is 9.10. The normalized spacial score (nSPS) is 10.1. The second kappa shape index (κ2) is 6.61. The Morgan fingerprint density at radius 1 is 1.35 bits per heavy atom. The largest absolute Gasteiger partial charge is 0.383 e. The van der Waals surface area contributed by atoms with Crippen LogP contribution in [0.1, 0.15) is 11.1 Å². The van der Waals surface area contributed by atoms with Crippen molar-refractivity contribution in [3.8, 4) is 0 Å². The summed E-state index contributed by atoms with van der Waals surface area (Å²) in [6.07, 6.45) is 0. The maximum absolute atomic E-state index is 11.6. The number of anilines is 1. The summed E-state index contributed by atoms with van der Waals surface area (Å²) in [7, 11) is 1.60. The summed E-state index contributed by atoms with van der Waals surface area (Å²) in [6.45, 7) is 4.92. The van der Waals surface area contributed by atoms with E-state index in [4.69, 9.17) is 4.74 Å². The molecule has 94 valence electrons. The number of benzene rings is 1. The highest BCUT2D eigenvalue weighted by atomic mass is 79.9. The summed E-state index contributed by atoms with van der Waals surface area (Å²) in [5.74, 6) is 0. The predicted octanol–water partition coefficient (Wildman–Crippen LogP) is 2.83. The van der Waals surface area contributed by atoms with Gasteiger partial charge >= 0.3 is 6.03 Å². The number of hydrogen-bond donors (Lipinski definition) is 2. The molecule has 5 heteroatoms. The quantitative estimate of drug-likeness (QED) is 0.840. The van der Waals surface area contributed by atoms with Crippen molar-refractivity contribution in [2.24, 2.45) is 0 Å². The first-order chi connectivity index (χ1) is 8.04. The van der Waals surface area contributed by atoms with E-state index in [0.29, 0.717) is 13.2 Å². The zero-order valence-corrected chi connectivity index (χ0v) is 11.8. The van der Waals surface area contributed by atoms with Crippen molar-refractivity contribution in [1.29, 1.82) is 0 Å². The molecule has 2 amide bonds. The van der Waals surface area contributed by atoms with Crippen molar-refractivity contribution >= 4 is 27.6 Å². The van der Waals surface area contributed by atoms with Gasteiger partial charge in [0, 0.05) is 23.8 Å². The van der Waals surface area contributed by atoms with Crippen LogP contribution >= 0.6 is 15.9 Å². The fraction of sp³-hybridized carbons (Fsp3) is 0.417. The minimum atomic E-state index is -0.212. The summed E-state index contributed by atoms with van der Waals surface area (Å²) in [4.78, 5) is 11.6. The lowest BCUT2D eigenvalue weighted by Gasteiger charge is -2.13. The number of rotatable bonds is 4. The highest BCUT2D eigenvalue weighted by Crippen LogP contribution is 2.24. The van der Waals surface area contributed by atoms with Gasteiger partial charge in [-0.2, -0.15) is 0 Å². The Bertz CT molecular complexity index is 384. The molecule has 2 N–H and O–H groups in total. The average molecular weight is 301 g/mol. The lowest BCUT2D eigenvalue weighted by Crippen LogP contribution is -2.31. The van der Waals surface area contributed by atoms with E-state index >= 15 is 0 Å². The van der Waals surface area contributed by atoms with Gasteiger partial charge < -0.3 is 15.4 Å². The van der Waals surface area contributed by atoms with Crippen LogP contribution in [0.4, 0.5) is 10.5 Å². The Labute approximate surface area is 110 Å². The number of methoxy groups -OCH3 is 1. The molecule has 0 heterocycles. The third-order valence-corrected chi connectivity index (χ3v) is 2.79. The first-order valence-corrected chi connectivity index (χ1v) is 6.14. The van der Waals surface area contributed by atoms with Crippen LogP contribution in [0, 0.1) is 13.8 Å². The molecule has 0 bridgehead atoms. The van der Waals surface area contributed by atoms with Crippen LogP contribution in [0.5, 0.6) is 0 Å². The van der Waals surface area contributed by atoms with Crippen LogP contribution in [-0.4, -0.2) is 26.3 Å². The van der Waals surface area contributed by atoms with Gasteiger partial charge in [0.15, 0.2) is 0 Å². The molecule has 17 heavy (non-hydrogen) atoms. The molecule has 0 unspecified atom stereocenters. The van der Waals surface area contributed by atoms with Gasteiger partial charge in [-0.15, -0.1) is 0 Å². The number of hydrogen-bond acceptors (Lipinski definition) is 2. The van der Waals surface area contributed by atoms with Crippen molar-refractivity contribution in [2.45, 2.75) is 13.8 Å². The van der Waals surface area contributed by atoms with Crippen molar-refractivity contribution in [3.05, 3.63) is 27.7 Å². The molecule has 0 saturated carbocycles. The fourth-order valence-corrected chi connectivity index (χ4v) is 2.22. The number of nitrogens with one attached hydrogen (secondary N) is 2. The molecule has 1 aromatic rings. The topological polar surface area (TPSA) is 50.4 Å². The van der Waals surface area contributed by atoms with Crippen molar-refractivity contribution in [1.82, 2.24) is 5.32 Å². The first-order valence-electron chi connectivity index (χ1n) is 5.35. The van der Waals surface area contributed by atoms with Gasteiger partial charge in [-0.25, -0.2) is 4.79 Å². The summed E-state index contributed by atoms with van der Waals surface area (Å²) < 4.78 is 5.87. The zero-order chi connectivity index (χ0) is 12.8. The van der Waals surface area contributed by atoms with E-state index in [2.05, 4.69) is 26.6 Å². The number of carbonyl (C=O) groups is 1. The standard InChI is InChI=1S/C12H17BrN2O2/c1-8-6-10(13)7-9(2)11(8)15-12(16)14-4-5-17-3/h6-7H,4-5H2,1-3H3,(H2,14,15,16). The van der Waals surface area contributed by atoms with Gasteiger partial charge in [0.25, 0.3) is 0 Å². The summed E-state index contributed by atoms with van der Waals surface area (Å²) >= 11 is 3.42. The number of aryl methyl sites for hydroxylation is 2. The first kappa shape index (κ1) is 14.0. The molecular formula is C12H17BrN2O2. The molecule has 0 atom stereocenters. The maximum atomic E-state index is 11.6. The minimum absolute atomic E-state index is 0.212. The SMILES string of the molecule is COCCNC(=O)Nc1c(C)cc(Br)cc1C. The zero-order valence-electron chi connectivity index (χ0n) is 10.3. The van der Waals surface area contributed by atoms with Crippen LogP contribution in [0.3, 0.4) is 0 Å². The molecule has 0 aromatic heterocycles. The van der Waals surface area contributed by atoms with Gasteiger partial charge in [0.1, 0.15) is 0 Å². The summed E-state index contributed by atoms with van der Waals surface area (Å²) in [6, 6.07) is 3.73. The molecular weight excluding hydrogens is 284 g/mol. The summed E-state index contributed by atoms with van der Waals surface area (Å²) in [5.41, 5.74) is 2.90. The van der Waals surface area contributed by atoms with Gasteiger partial charge in [-0.05, 0) is 37.1 Å². The Balaban J connectivity index is 2.65. The van der Waals surface area contributed by atoms with E-state index < -0.39 is 0 Å². The van der Waals surface area contributed by atoms with E-state index in [-0.39, 0.29) is 6.03 Å². The smallest absolute Gasteiger partial charge is 0.319 e. The van der Waals surface area contributed by atoms with E-state index in [9.17, 15) is 4.79 Å². The number of urea groups is 1. The fourth-order valence-electron chi connectivity index (χ4n) is 1.53. The van der Waals surface area contributed by atoms with E-state index in [0.717, 1.165) is 21.3 Å². The second-order valence-electron chi connectivity index (χ2n) is 3.79. The lowest BCUT2D eigenvalue weighted by molar-refractivity contribution is 0.198. The van der Waals surface area contributed by atoms with Gasteiger partial charge in [-0.1, -0.05) is 15.9 Å². The van der Waals surface area contributed by atoms with Gasteiger partial charge in [0.2, 0.25) is 0 Å². The predicted molar refractivity (Wildman–Crippen MR) is 72.5 cm³/mol. The van der Waals surface area contributed by atoms with Crippen LogP contribution < -0.4 is 10.6 Å². The monoisotopic (exact) mass is 300 g/mol. The number of carbonyl (C=O) groups excluding carboxylic acids is 1. The van der Waals surface area contributed by atoms with Crippen molar-refractivity contribution in [2.75, 3.05) is 25.6 Å². The molecule has 1 rings (SSSR count). The average Bonchev–Trinajstić information content (AvgIpc) is 2.24. The molecule has 0 spiro atoms. The number of ether oxygens (including phenoxy) is 1. The van der Waals surface area contributed by atoms with Crippen LogP contribution in [0.15, 0.2) is 16.6 Å². The molecule has 1 aromatic carbocycles. The Kier molecular flexibility index (Phi) is 5.44. The van der Waals surface area contributed by atoms with Crippen LogP contribution in [0.2, 0.25) is 0 Å². The molecule has 0 fully saturated rings. The molecule has 0 aliphatic rings. The maximum Gasteiger partial charge on any atom is 0.319 e. The Morgan fingerprint density at radius 3 is 2.47 bits per heavy atom. The molecule has 0 radical (unpaired) electrons. The third-order valence-electron chi connectivity index (χ3n) is 2.33.